The molecule has 0 spiro atoms. The molecule has 4 aliphatic rings. The summed E-state index contributed by atoms with van der Waals surface area (Å²) in [5.41, 5.74) is 0.316. The van der Waals surface area contributed by atoms with Crippen LogP contribution in [-0.2, 0) is 10.2 Å². The van der Waals surface area contributed by atoms with Gasteiger partial charge in [0.25, 0.3) is 11.1 Å². The van der Waals surface area contributed by atoms with Gasteiger partial charge in [-0.1, -0.05) is 11.8 Å². The Hall–Kier alpha value is -2.13. The molecule has 30 heavy (non-hydrogen) atoms. The summed E-state index contributed by atoms with van der Waals surface area (Å²) in [6, 6.07) is 3.50. The van der Waals surface area contributed by atoms with E-state index in [4.69, 9.17) is 8.83 Å². The Morgan fingerprint density at radius 3 is 2.67 bits per heavy atom. The first-order valence-electron chi connectivity index (χ1n) is 10.4. The molecule has 1 N–H and O–H groups in total. The summed E-state index contributed by atoms with van der Waals surface area (Å²) in [4.78, 5) is 18.3. The monoisotopic (exact) mass is 442 g/mol. The Balaban J connectivity index is 1.08. The maximum Gasteiger partial charge on any atom is 0.284 e. The van der Waals surface area contributed by atoms with Crippen LogP contribution in [0.5, 0.6) is 0 Å². The van der Waals surface area contributed by atoms with Crippen molar-refractivity contribution in [1.82, 2.24) is 15.2 Å². The highest BCUT2D eigenvalue weighted by Crippen LogP contribution is 2.61. The van der Waals surface area contributed by atoms with E-state index in [-0.39, 0.29) is 11.7 Å². The molecule has 4 saturated carbocycles. The van der Waals surface area contributed by atoms with Crippen LogP contribution in [0.1, 0.15) is 43.4 Å². The van der Waals surface area contributed by atoms with Gasteiger partial charge in [-0.15, -0.1) is 21.5 Å². The summed E-state index contributed by atoms with van der Waals surface area (Å²) >= 11 is 2.86. The maximum atomic E-state index is 12.4. The topological polar surface area (TPSA) is 94.0 Å². The lowest BCUT2D eigenvalue weighted by Gasteiger charge is -2.56. The van der Waals surface area contributed by atoms with Crippen LogP contribution in [-0.4, -0.2) is 26.8 Å². The number of hydrogen-bond acceptors (Lipinski definition) is 8. The van der Waals surface area contributed by atoms with Crippen molar-refractivity contribution in [2.45, 2.75) is 49.2 Å². The standard InChI is InChI=1S/C21H22N4O3S2/c26-17(11-29-20-25-24-18(28-20)15-2-1-3-27-15)23-19-22-10-16(30-19)21-7-12-4-13(8-21)6-14(5-12)9-21/h1-3,10,12-14H,4-9,11H2,(H,22,23,26). The highest BCUT2D eigenvalue weighted by atomic mass is 32.2. The van der Waals surface area contributed by atoms with Crippen molar-refractivity contribution < 1.29 is 13.6 Å². The third-order valence-corrected chi connectivity index (χ3v) is 8.76. The molecule has 0 atom stereocenters. The molecule has 0 aliphatic heterocycles. The van der Waals surface area contributed by atoms with Crippen molar-refractivity contribution in [3.8, 4) is 11.7 Å². The zero-order chi connectivity index (χ0) is 20.1. The molecule has 0 unspecified atom stereocenters. The quantitative estimate of drug-likeness (QED) is 0.538. The largest absolute Gasteiger partial charge is 0.459 e. The van der Waals surface area contributed by atoms with E-state index >= 15 is 0 Å². The van der Waals surface area contributed by atoms with Crippen LogP contribution in [0.2, 0.25) is 0 Å². The molecule has 3 aromatic rings. The minimum Gasteiger partial charge on any atom is -0.459 e. The number of furan rings is 1. The van der Waals surface area contributed by atoms with Gasteiger partial charge in [-0.3, -0.25) is 4.79 Å². The number of amides is 1. The zero-order valence-corrected chi connectivity index (χ0v) is 18.0. The van der Waals surface area contributed by atoms with Crippen LogP contribution in [0.3, 0.4) is 0 Å². The van der Waals surface area contributed by atoms with Gasteiger partial charge in [-0.05, 0) is 68.4 Å². The Bertz CT molecular complexity index is 1020. The number of anilines is 1. The first-order chi connectivity index (χ1) is 14.6. The second-order valence-electron chi connectivity index (χ2n) is 8.91. The fourth-order valence-electron chi connectivity index (χ4n) is 6.04. The zero-order valence-electron chi connectivity index (χ0n) is 16.4. The van der Waals surface area contributed by atoms with Gasteiger partial charge in [0, 0.05) is 16.5 Å². The number of thiazole rings is 1. The number of hydrogen-bond donors (Lipinski definition) is 1. The van der Waals surface area contributed by atoms with Crippen molar-refractivity contribution in [2.24, 2.45) is 17.8 Å². The van der Waals surface area contributed by atoms with Crippen LogP contribution < -0.4 is 5.32 Å². The fourth-order valence-corrected chi connectivity index (χ4v) is 7.65. The average molecular weight is 443 g/mol. The number of nitrogens with zero attached hydrogens (tertiary/aromatic N) is 3. The normalized spacial score (nSPS) is 29.4. The average Bonchev–Trinajstić information content (AvgIpc) is 3.46. The van der Waals surface area contributed by atoms with Gasteiger partial charge in [0.05, 0.1) is 12.0 Å². The predicted octanol–water partition coefficient (Wildman–Crippen LogP) is 4.98. The first kappa shape index (κ1) is 18.6. The van der Waals surface area contributed by atoms with E-state index in [0.717, 1.165) is 17.8 Å². The van der Waals surface area contributed by atoms with Crippen molar-refractivity contribution in [3.05, 3.63) is 29.5 Å². The Kier molecular flexibility index (Phi) is 4.49. The van der Waals surface area contributed by atoms with Gasteiger partial charge in [0.15, 0.2) is 10.9 Å². The van der Waals surface area contributed by atoms with E-state index in [9.17, 15) is 4.79 Å². The third kappa shape index (κ3) is 3.37. The van der Waals surface area contributed by atoms with E-state index in [2.05, 4.69) is 20.5 Å². The second-order valence-corrected chi connectivity index (χ2v) is 10.9. The van der Waals surface area contributed by atoms with Crippen LogP contribution in [0.4, 0.5) is 5.13 Å². The highest BCUT2D eigenvalue weighted by molar-refractivity contribution is 7.99. The van der Waals surface area contributed by atoms with E-state index in [1.807, 2.05) is 6.20 Å². The van der Waals surface area contributed by atoms with Crippen LogP contribution >= 0.6 is 23.1 Å². The lowest BCUT2D eigenvalue weighted by molar-refractivity contribution is -0.113. The van der Waals surface area contributed by atoms with Crippen LogP contribution in [0.15, 0.2) is 38.6 Å². The number of thioether (sulfide) groups is 1. The maximum absolute atomic E-state index is 12.4. The molecule has 3 heterocycles. The highest BCUT2D eigenvalue weighted by Gasteiger charge is 2.52. The third-order valence-electron chi connectivity index (χ3n) is 6.78. The Morgan fingerprint density at radius 2 is 1.97 bits per heavy atom. The van der Waals surface area contributed by atoms with Gasteiger partial charge in [0.2, 0.25) is 5.91 Å². The van der Waals surface area contributed by atoms with Gasteiger partial charge in [0.1, 0.15) is 0 Å². The summed E-state index contributed by atoms with van der Waals surface area (Å²) in [5, 5.41) is 11.9. The number of carbonyl (C=O) groups excluding carboxylic acids is 1. The van der Waals surface area contributed by atoms with Gasteiger partial charge in [-0.25, -0.2) is 4.98 Å². The molecular formula is C21H22N4O3S2. The molecule has 4 fully saturated rings. The molecule has 9 heteroatoms. The SMILES string of the molecule is O=C(CSc1nnc(-c2ccco2)o1)Nc1ncc(C23CC4CC(CC(C4)C2)C3)s1. The fraction of sp³-hybridized carbons (Fsp3) is 0.524. The molecule has 4 bridgehead atoms. The van der Waals surface area contributed by atoms with E-state index in [1.165, 1.54) is 55.2 Å². The summed E-state index contributed by atoms with van der Waals surface area (Å²) in [6.07, 6.45) is 11.8. The Labute approximate surface area is 182 Å². The summed E-state index contributed by atoms with van der Waals surface area (Å²) in [6.45, 7) is 0. The lowest BCUT2D eigenvalue weighted by atomic mass is 9.49. The molecule has 156 valence electrons. The van der Waals surface area contributed by atoms with Gasteiger partial charge >= 0.3 is 0 Å². The summed E-state index contributed by atoms with van der Waals surface area (Å²) in [7, 11) is 0. The molecular weight excluding hydrogens is 420 g/mol. The summed E-state index contributed by atoms with van der Waals surface area (Å²) in [5.74, 6) is 3.58. The molecule has 0 saturated heterocycles. The van der Waals surface area contributed by atoms with E-state index in [0.29, 0.717) is 27.4 Å². The number of carbonyl (C=O) groups is 1. The van der Waals surface area contributed by atoms with E-state index in [1.54, 1.807) is 29.7 Å². The lowest BCUT2D eigenvalue weighted by Crippen LogP contribution is -2.48. The molecule has 7 nitrogen and oxygen atoms in total. The molecule has 3 aromatic heterocycles. The smallest absolute Gasteiger partial charge is 0.284 e. The number of aromatic nitrogens is 3. The molecule has 4 aliphatic carbocycles. The van der Waals surface area contributed by atoms with E-state index < -0.39 is 0 Å². The minimum absolute atomic E-state index is 0.121. The minimum atomic E-state index is -0.121. The Morgan fingerprint density at radius 1 is 1.20 bits per heavy atom. The molecule has 0 aromatic carbocycles. The number of nitrogens with one attached hydrogen (secondary N) is 1. The van der Waals surface area contributed by atoms with Gasteiger partial charge < -0.3 is 14.2 Å². The van der Waals surface area contributed by atoms with Crippen molar-refractivity contribution in [3.63, 3.8) is 0 Å². The van der Waals surface area contributed by atoms with Crippen molar-refractivity contribution in [2.75, 3.05) is 11.1 Å². The van der Waals surface area contributed by atoms with Crippen molar-refractivity contribution in [1.29, 1.82) is 0 Å². The molecule has 1 amide bonds. The van der Waals surface area contributed by atoms with Crippen LogP contribution in [0, 0.1) is 17.8 Å². The first-order valence-corrected chi connectivity index (χ1v) is 12.2. The molecule has 7 rings (SSSR count). The number of rotatable bonds is 6. The second kappa shape index (κ2) is 7.23. The van der Waals surface area contributed by atoms with Gasteiger partial charge in [-0.2, -0.15) is 0 Å². The molecule has 0 radical (unpaired) electrons. The predicted molar refractivity (Wildman–Crippen MR) is 113 cm³/mol. The summed E-state index contributed by atoms with van der Waals surface area (Å²) < 4.78 is 10.8. The van der Waals surface area contributed by atoms with Crippen molar-refractivity contribution >= 4 is 34.1 Å². The van der Waals surface area contributed by atoms with Crippen LogP contribution in [0.25, 0.3) is 11.7 Å².